The van der Waals surface area contributed by atoms with E-state index < -0.39 is 10.0 Å². The maximum Gasteiger partial charge on any atom is 0.242 e. The van der Waals surface area contributed by atoms with Gasteiger partial charge in [-0.15, -0.1) is 0 Å². The lowest BCUT2D eigenvalue weighted by molar-refractivity contribution is 0.0867. The Balaban J connectivity index is 2.15. The van der Waals surface area contributed by atoms with Crippen molar-refractivity contribution in [1.29, 1.82) is 0 Å². The third-order valence-corrected chi connectivity index (χ3v) is 5.84. The van der Waals surface area contributed by atoms with Gasteiger partial charge in [-0.2, -0.15) is 0 Å². The topological polar surface area (TPSA) is 92.4 Å². The van der Waals surface area contributed by atoms with Gasteiger partial charge < -0.3 is 10.8 Å². The fraction of sp³-hybridized carbons (Fsp3) is 0.571. The lowest BCUT2D eigenvalue weighted by atomic mass is 9.75. The maximum absolute atomic E-state index is 12.4. The first-order valence-corrected chi connectivity index (χ1v) is 8.90. The minimum atomic E-state index is -3.73. The minimum Gasteiger partial charge on any atom is -0.398 e. The first-order chi connectivity index (χ1) is 9.88. The van der Waals surface area contributed by atoms with Crippen LogP contribution in [0.5, 0.6) is 0 Å². The van der Waals surface area contributed by atoms with Crippen LogP contribution in [0.25, 0.3) is 0 Å². The Kier molecular flexibility index (Phi) is 5.14. The average molecular weight is 333 g/mol. The molecule has 1 fully saturated rings. The highest BCUT2D eigenvalue weighted by Crippen LogP contribution is 2.35. The molecule has 0 spiro atoms. The highest BCUT2D eigenvalue weighted by atomic mass is 35.5. The summed E-state index contributed by atoms with van der Waals surface area (Å²) < 4.78 is 27.3. The molecular formula is C14H21ClN2O3S. The molecule has 0 aliphatic heterocycles. The zero-order valence-corrected chi connectivity index (χ0v) is 13.4. The number of sulfonamides is 1. The molecule has 1 aromatic rings. The molecule has 7 heteroatoms. The number of aliphatic hydroxyl groups excluding tert-OH is 1. The summed E-state index contributed by atoms with van der Waals surface area (Å²) in [7, 11) is -3.73. The molecule has 118 valence electrons. The number of hydrogen-bond donors (Lipinski definition) is 3. The van der Waals surface area contributed by atoms with Crippen LogP contribution in [-0.2, 0) is 10.0 Å². The highest BCUT2D eigenvalue weighted by molar-refractivity contribution is 7.89. The van der Waals surface area contributed by atoms with Crippen molar-refractivity contribution in [2.45, 2.75) is 37.0 Å². The average Bonchev–Trinajstić information content (AvgIpc) is 2.49. The summed E-state index contributed by atoms with van der Waals surface area (Å²) in [5.74, 6) is 0. The van der Waals surface area contributed by atoms with Gasteiger partial charge >= 0.3 is 0 Å². The van der Waals surface area contributed by atoms with Crippen LogP contribution < -0.4 is 10.5 Å². The van der Waals surface area contributed by atoms with Gasteiger partial charge in [-0.1, -0.05) is 30.9 Å². The SMILES string of the molecule is Nc1ccc(Cl)cc1S(=O)(=O)NCC1(CO)CCCCC1. The fourth-order valence-corrected chi connectivity index (χ4v) is 4.31. The predicted molar refractivity (Wildman–Crippen MR) is 83.7 cm³/mol. The first kappa shape index (κ1) is 16.5. The molecule has 21 heavy (non-hydrogen) atoms. The molecule has 0 heterocycles. The van der Waals surface area contributed by atoms with Crippen LogP contribution in [0.4, 0.5) is 5.69 Å². The Labute approximate surface area is 130 Å². The van der Waals surface area contributed by atoms with Gasteiger partial charge in [-0.3, -0.25) is 0 Å². The number of rotatable bonds is 5. The summed E-state index contributed by atoms with van der Waals surface area (Å²) in [6.45, 7) is 0.207. The molecule has 4 N–H and O–H groups in total. The number of benzene rings is 1. The van der Waals surface area contributed by atoms with E-state index in [0.29, 0.717) is 5.02 Å². The quantitative estimate of drug-likeness (QED) is 0.720. The van der Waals surface area contributed by atoms with E-state index in [1.54, 1.807) is 6.07 Å². The summed E-state index contributed by atoms with van der Waals surface area (Å²) in [5, 5.41) is 9.95. The number of hydrogen-bond acceptors (Lipinski definition) is 4. The van der Waals surface area contributed by atoms with E-state index in [-0.39, 0.29) is 29.1 Å². The van der Waals surface area contributed by atoms with Gasteiger partial charge in [0.2, 0.25) is 10.0 Å². The molecule has 1 saturated carbocycles. The molecule has 0 atom stereocenters. The van der Waals surface area contributed by atoms with E-state index in [2.05, 4.69) is 4.72 Å². The van der Waals surface area contributed by atoms with Crippen LogP contribution in [0.3, 0.4) is 0 Å². The Morgan fingerprint density at radius 3 is 2.57 bits per heavy atom. The van der Waals surface area contributed by atoms with Gasteiger partial charge in [-0.25, -0.2) is 13.1 Å². The fourth-order valence-electron chi connectivity index (χ4n) is 2.76. The first-order valence-electron chi connectivity index (χ1n) is 7.04. The predicted octanol–water partition coefficient (Wildman–Crippen LogP) is 2.14. The number of halogens is 1. The molecule has 5 nitrogen and oxygen atoms in total. The highest BCUT2D eigenvalue weighted by Gasteiger charge is 2.33. The molecular weight excluding hydrogens is 312 g/mol. The number of aliphatic hydroxyl groups is 1. The van der Waals surface area contributed by atoms with Crippen LogP contribution in [0.15, 0.2) is 23.1 Å². The molecule has 0 saturated heterocycles. The zero-order chi connectivity index (χ0) is 15.5. The molecule has 0 bridgehead atoms. The summed E-state index contributed by atoms with van der Waals surface area (Å²) >= 11 is 5.84. The van der Waals surface area contributed by atoms with Crippen molar-refractivity contribution < 1.29 is 13.5 Å². The number of nitrogens with two attached hydrogens (primary N) is 1. The molecule has 1 aromatic carbocycles. The smallest absolute Gasteiger partial charge is 0.242 e. The van der Waals surface area contributed by atoms with E-state index >= 15 is 0 Å². The van der Waals surface area contributed by atoms with Crippen LogP contribution in [0, 0.1) is 5.41 Å². The molecule has 0 unspecified atom stereocenters. The number of anilines is 1. The summed E-state index contributed by atoms with van der Waals surface area (Å²) in [6, 6.07) is 4.36. The van der Waals surface area contributed by atoms with Gasteiger partial charge in [0.25, 0.3) is 0 Å². The van der Waals surface area contributed by atoms with Gasteiger partial charge in [0, 0.05) is 23.6 Å². The van der Waals surface area contributed by atoms with Crippen molar-refractivity contribution in [3.05, 3.63) is 23.2 Å². The summed E-state index contributed by atoms with van der Waals surface area (Å²) in [4.78, 5) is -0.0149. The van der Waals surface area contributed by atoms with Crippen molar-refractivity contribution in [3.8, 4) is 0 Å². The van der Waals surface area contributed by atoms with Crippen molar-refractivity contribution in [2.75, 3.05) is 18.9 Å². The second kappa shape index (κ2) is 6.52. The van der Waals surface area contributed by atoms with Crippen LogP contribution in [0.1, 0.15) is 32.1 Å². The molecule has 0 amide bonds. The van der Waals surface area contributed by atoms with Gasteiger partial charge in [0.1, 0.15) is 4.90 Å². The molecule has 1 aliphatic carbocycles. The largest absolute Gasteiger partial charge is 0.398 e. The Morgan fingerprint density at radius 1 is 1.29 bits per heavy atom. The molecule has 0 aromatic heterocycles. The Bertz CT molecular complexity index is 598. The lowest BCUT2D eigenvalue weighted by Crippen LogP contribution is -2.41. The third-order valence-electron chi connectivity index (χ3n) is 4.15. The monoisotopic (exact) mass is 332 g/mol. The minimum absolute atomic E-state index is 0.0133. The van der Waals surface area contributed by atoms with E-state index in [4.69, 9.17) is 17.3 Å². The van der Waals surface area contributed by atoms with Gasteiger partial charge in [0.05, 0.1) is 5.69 Å². The van der Waals surface area contributed by atoms with Crippen LogP contribution in [0.2, 0.25) is 5.02 Å². The van der Waals surface area contributed by atoms with E-state index in [1.807, 2.05) is 0 Å². The summed E-state index contributed by atoms with van der Waals surface area (Å²) in [5.41, 5.74) is 5.52. The van der Waals surface area contributed by atoms with Crippen LogP contribution >= 0.6 is 11.6 Å². The number of nitrogen functional groups attached to an aromatic ring is 1. The normalized spacial score (nSPS) is 18.6. The van der Waals surface area contributed by atoms with E-state index in [0.717, 1.165) is 32.1 Å². The Morgan fingerprint density at radius 2 is 1.95 bits per heavy atom. The van der Waals surface area contributed by atoms with Crippen molar-refractivity contribution in [3.63, 3.8) is 0 Å². The van der Waals surface area contributed by atoms with E-state index in [9.17, 15) is 13.5 Å². The summed E-state index contributed by atoms with van der Waals surface area (Å²) in [6.07, 6.45) is 4.83. The molecule has 2 rings (SSSR count). The number of nitrogens with one attached hydrogen (secondary N) is 1. The Hall–Kier alpha value is -0.820. The molecule has 1 aliphatic rings. The van der Waals surface area contributed by atoms with Gasteiger partial charge in [0.15, 0.2) is 0 Å². The second-order valence-electron chi connectivity index (χ2n) is 5.73. The van der Waals surface area contributed by atoms with Crippen molar-refractivity contribution in [2.24, 2.45) is 5.41 Å². The standard InChI is InChI=1S/C14H21ClN2O3S/c15-11-4-5-12(16)13(8-11)21(19,20)17-9-14(10-18)6-2-1-3-7-14/h4-5,8,17-18H,1-3,6-7,9-10,16H2. The van der Waals surface area contributed by atoms with Crippen molar-refractivity contribution in [1.82, 2.24) is 4.72 Å². The third kappa shape index (κ3) is 3.88. The molecule has 0 radical (unpaired) electrons. The lowest BCUT2D eigenvalue weighted by Gasteiger charge is -2.35. The maximum atomic E-state index is 12.4. The zero-order valence-electron chi connectivity index (χ0n) is 11.8. The van der Waals surface area contributed by atoms with Crippen molar-refractivity contribution >= 4 is 27.3 Å². The second-order valence-corrected chi connectivity index (χ2v) is 7.90. The van der Waals surface area contributed by atoms with E-state index in [1.165, 1.54) is 12.1 Å². The van der Waals surface area contributed by atoms with Crippen LogP contribution in [-0.4, -0.2) is 26.7 Å². The van der Waals surface area contributed by atoms with Gasteiger partial charge in [-0.05, 0) is 31.0 Å².